The van der Waals surface area contributed by atoms with Crippen LogP contribution in [0.5, 0.6) is 0 Å². The fourth-order valence-electron chi connectivity index (χ4n) is 2.95. The number of nitrogens with one attached hydrogen (secondary N) is 2. The molecule has 0 spiro atoms. The third-order valence-corrected chi connectivity index (χ3v) is 4.02. The Morgan fingerprint density at radius 1 is 0.920 bits per heavy atom. The largest absolute Gasteiger partial charge is 0.349 e. The van der Waals surface area contributed by atoms with Crippen LogP contribution in [-0.4, -0.2) is 15.2 Å². The molecular weight excluding hydrogens is 310 g/mol. The molecule has 0 radical (unpaired) electrons. The molecule has 1 aromatic heterocycles. The third kappa shape index (κ3) is 4.32. The van der Waals surface area contributed by atoms with E-state index in [2.05, 4.69) is 83.8 Å². The van der Waals surface area contributed by atoms with E-state index in [1.54, 1.807) is 6.20 Å². The molecule has 0 aliphatic carbocycles. The zero-order valence-corrected chi connectivity index (χ0v) is 15.1. The van der Waals surface area contributed by atoms with Crippen molar-refractivity contribution >= 4 is 17.5 Å². The first kappa shape index (κ1) is 16.9. The first-order chi connectivity index (χ1) is 12.0. The minimum atomic E-state index is 0.508. The maximum Gasteiger partial charge on any atom is 0.244 e. The highest BCUT2D eigenvalue weighted by atomic mass is 15.3. The zero-order chi connectivity index (χ0) is 17.8. The molecule has 0 aliphatic heterocycles. The number of hydrogen-bond donors (Lipinski definition) is 2. The second kappa shape index (κ2) is 7.30. The van der Waals surface area contributed by atoms with Gasteiger partial charge in [0.2, 0.25) is 5.95 Å². The summed E-state index contributed by atoms with van der Waals surface area (Å²) in [5.74, 6) is 1.19. The molecule has 0 amide bonds. The average molecular weight is 333 g/mol. The van der Waals surface area contributed by atoms with Crippen LogP contribution in [0.25, 0.3) is 0 Å². The number of rotatable bonds is 5. The molecule has 0 saturated heterocycles. The maximum atomic E-state index is 4.51. The van der Waals surface area contributed by atoms with Crippen molar-refractivity contribution in [2.45, 2.75) is 34.2 Å². The van der Waals surface area contributed by atoms with Crippen molar-refractivity contribution < 1.29 is 0 Å². The van der Waals surface area contributed by atoms with Gasteiger partial charge in [0.1, 0.15) is 0 Å². The van der Waals surface area contributed by atoms with Crippen molar-refractivity contribution in [2.75, 3.05) is 10.6 Å². The first-order valence-electron chi connectivity index (χ1n) is 8.35. The van der Waals surface area contributed by atoms with E-state index in [1.807, 2.05) is 6.07 Å². The fraction of sp³-hybridized carbons (Fsp3) is 0.250. The van der Waals surface area contributed by atoms with Crippen LogP contribution >= 0.6 is 0 Å². The normalized spacial score (nSPS) is 10.6. The molecule has 0 saturated carbocycles. The second-order valence-corrected chi connectivity index (χ2v) is 6.41. The third-order valence-electron chi connectivity index (χ3n) is 4.02. The fourth-order valence-corrected chi connectivity index (χ4v) is 2.95. The first-order valence-corrected chi connectivity index (χ1v) is 8.35. The predicted molar refractivity (Wildman–Crippen MR) is 102 cm³/mol. The van der Waals surface area contributed by atoms with Crippen molar-refractivity contribution in [3.05, 3.63) is 70.4 Å². The van der Waals surface area contributed by atoms with Crippen molar-refractivity contribution in [1.82, 2.24) is 15.2 Å². The molecule has 0 unspecified atom stereocenters. The van der Waals surface area contributed by atoms with E-state index < -0.39 is 0 Å². The zero-order valence-electron chi connectivity index (χ0n) is 15.1. The van der Waals surface area contributed by atoms with Crippen molar-refractivity contribution in [3.63, 3.8) is 0 Å². The van der Waals surface area contributed by atoms with Gasteiger partial charge in [-0.15, -0.1) is 5.10 Å². The van der Waals surface area contributed by atoms with E-state index in [-0.39, 0.29) is 0 Å². The molecule has 0 fully saturated rings. The molecule has 3 rings (SSSR count). The summed E-state index contributed by atoms with van der Waals surface area (Å²) in [5, 5.41) is 14.7. The van der Waals surface area contributed by atoms with Gasteiger partial charge in [0.15, 0.2) is 5.82 Å². The van der Waals surface area contributed by atoms with Crippen LogP contribution in [0.1, 0.15) is 27.8 Å². The molecule has 1 heterocycles. The number of anilines is 3. The van der Waals surface area contributed by atoms with Crippen LogP contribution < -0.4 is 10.6 Å². The lowest BCUT2D eigenvalue weighted by atomic mass is 10.1. The summed E-state index contributed by atoms with van der Waals surface area (Å²) in [4.78, 5) is 4.51. The summed E-state index contributed by atoms with van der Waals surface area (Å²) in [6.07, 6.45) is 1.64. The van der Waals surface area contributed by atoms with Gasteiger partial charge in [-0.05, 0) is 44.4 Å². The van der Waals surface area contributed by atoms with Gasteiger partial charge in [-0.1, -0.05) is 47.5 Å². The van der Waals surface area contributed by atoms with Crippen LogP contribution in [0.3, 0.4) is 0 Å². The van der Waals surface area contributed by atoms with Crippen LogP contribution in [0.2, 0.25) is 0 Å². The number of hydrogen-bond acceptors (Lipinski definition) is 5. The molecule has 0 bridgehead atoms. The number of aromatic nitrogens is 3. The summed E-state index contributed by atoms with van der Waals surface area (Å²) in [6, 6.07) is 12.7. The maximum absolute atomic E-state index is 4.51. The Balaban J connectivity index is 1.74. The lowest BCUT2D eigenvalue weighted by Gasteiger charge is -2.13. The number of benzene rings is 2. The summed E-state index contributed by atoms with van der Waals surface area (Å²) in [6.45, 7) is 9.03. The Labute approximate surface area is 148 Å². The smallest absolute Gasteiger partial charge is 0.244 e. The number of nitrogens with zero attached hydrogens (tertiary/aromatic N) is 3. The average Bonchev–Trinajstić information content (AvgIpc) is 2.57. The van der Waals surface area contributed by atoms with Gasteiger partial charge < -0.3 is 10.6 Å². The Morgan fingerprint density at radius 3 is 2.40 bits per heavy atom. The molecule has 2 N–H and O–H groups in total. The molecule has 3 aromatic rings. The van der Waals surface area contributed by atoms with Crippen molar-refractivity contribution in [2.24, 2.45) is 0 Å². The van der Waals surface area contributed by atoms with Crippen LogP contribution in [0, 0.1) is 27.7 Å². The molecular formula is C20H23N5. The standard InChI is InChI=1S/C20H23N5/c1-13-6-5-7-17(10-13)11-21-20-24-18(12-22-25-20)23-19-15(3)8-14(2)9-16(19)4/h5-10,12H,11H2,1-4H3,(H2,21,23,24,25). The Hall–Kier alpha value is -2.95. The topological polar surface area (TPSA) is 62.7 Å². The monoisotopic (exact) mass is 333 g/mol. The minimum Gasteiger partial charge on any atom is -0.349 e. The summed E-state index contributed by atoms with van der Waals surface area (Å²) >= 11 is 0. The van der Waals surface area contributed by atoms with Crippen molar-refractivity contribution in [3.8, 4) is 0 Å². The quantitative estimate of drug-likeness (QED) is 0.722. The Bertz CT molecular complexity index is 866. The molecule has 5 nitrogen and oxygen atoms in total. The molecule has 0 aliphatic rings. The predicted octanol–water partition coefficient (Wildman–Crippen LogP) is 4.46. The van der Waals surface area contributed by atoms with Crippen LogP contribution in [0.15, 0.2) is 42.6 Å². The van der Waals surface area contributed by atoms with Gasteiger partial charge in [0.25, 0.3) is 0 Å². The van der Waals surface area contributed by atoms with Gasteiger partial charge in [-0.2, -0.15) is 10.1 Å². The van der Waals surface area contributed by atoms with Crippen LogP contribution in [0.4, 0.5) is 17.5 Å². The Morgan fingerprint density at radius 2 is 1.68 bits per heavy atom. The van der Waals surface area contributed by atoms with Gasteiger partial charge in [0.05, 0.1) is 6.20 Å². The van der Waals surface area contributed by atoms with Gasteiger partial charge in [-0.25, -0.2) is 0 Å². The molecule has 2 aromatic carbocycles. The molecule has 0 atom stereocenters. The van der Waals surface area contributed by atoms with E-state index in [0.717, 1.165) is 5.69 Å². The van der Waals surface area contributed by atoms with Gasteiger partial charge in [0, 0.05) is 12.2 Å². The molecule has 5 heteroatoms. The molecule has 25 heavy (non-hydrogen) atoms. The second-order valence-electron chi connectivity index (χ2n) is 6.41. The summed E-state index contributed by atoms with van der Waals surface area (Å²) < 4.78 is 0. The lowest BCUT2D eigenvalue weighted by Crippen LogP contribution is -2.07. The Kier molecular flexibility index (Phi) is 4.93. The number of aryl methyl sites for hydroxylation is 4. The van der Waals surface area contributed by atoms with Gasteiger partial charge >= 0.3 is 0 Å². The highest BCUT2D eigenvalue weighted by Gasteiger charge is 2.07. The van der Waals surface area contributed by atoms with Crippen molar-refractivity contribution in [1.29, 1.82) is 0 Å². The highest BCUT2D eigenvalue weighted by molar-refractivity contribution is 5.65. The van der Waals surface area contributed by atoms with E-state index in [0.29, 0.717) is 18.3 Å². The summed E-state index contributed by atoms with van der Waals surface area (Å²) in [5.41, 5.74) is 7.11. The van der Waals surface area contributed by atoms with Crippen LogP contribution in [-0.2, 0) is 6.54 Å². The van der Waals surface area contributed by atoms with E-state index in [1.165, 1.54) is 27.8 Å². The van der Waals surface area contributed by atoms with Gasteiger partial charge in [-0.3, -0.25) is 0 Å². The summed E-state index contributed by atoms with van der Waals surface area (Å²) in [7, 11) is 0. The lowest BCUT2D eigenvalue weighted by molar-refractivity contribution is 0.948. The molecule has 128 valence electrons. The highest BCUT2D eigenvalue weighted by Crippen LogP contribution is 2.25. The van der Waals surface area contributed by atoms with E-state index >= 15 is 0 Å². The SMILES string of the molecule is Cc1cccc(CNc2nncc(Nc3c(C)cc(C)cc3C)n2)c1. The van der Waals surface area contributed by atoms with E-state index in [9.17, 15) is 0 Å². The van der Waals surface area contributed by atoms with E-state index in [4.69, 9.17) is 0 Å². The minimum absolute atomic E-state index is 0.508.